The summed E-state index contributed by atoms with van der Waals surface area (Å²) in [5, 5.41) is 0. The molecule has 0 atom stereocenters. The van der Waals surface area contributed by atoms with Gasteiger partial charge in [0.05, 0.1) is 0 Å². The van der Waals surface area contributed by atoms with Crippen molar-refractivity contribution < 1.29 is 0 Å². The molecule has 0 nitrogen and oxygen atoms in total. The molecule has 0 aliphatic carbocycles. The van der Waals surface area contributed by atoms with Crippen LogP contribution >= 0.6 is 15.9 Å². The molecule has 0 rings (SSSR count). The van der Waals surface area contributed by atoms with Crippen LogP contribution in [0.1, 0.15) is 40.0 Å². The van der Waals surface area contributed by atoms with Gasteiger partial charge in [-0.2, -0.15) is 0 Å². The maximum Gasteiger partial charge on any atom is -0.00521 e. The zero-order chi connectivity index (χ0) is 8.69. The third-order valence-electron chi connectivity index (χ3n) is 1.53. The van der Waals surface area contributed by atoms with Gasteiger partial charge < -0.3 is 0 Å². The first kappa shape index (κ1) is 11.0. The van der Waals surface area contributed by atoms with E-state index >= 15 is 0 Å². The van der Waals surface area contributed by atoms with E-state index in [9.17, 15) is 0 Å². The molecule has 0 spiro atoms. The van der Waals surface area contributed by atoms with Crippen LogP contribution in [0.4, 0.5) is 0 Å². The minimum absolute atomic E-state index is 1.08. The van der Waals surface area contributed by atoms with Crippen LogP contribution in [-0.2, 0) is 0 Å². The summed E-state index contributed by atoms with van der Waals surface area (Å²) < 4.78 is 1.27. The Morgan fingerprint density at radius 1 is 1.27 bits per heavy atom. The van der Waals surface area contributed by atoms with Crippen molar-refractivity contribution in [3.05, 3.63) is 22.2 Å². The molecule has 0 N–H and O–H groups in total. The van der Waals surface area contributed by atoms with Crippen molar-refractivity contribution in [2.24, 2.45) is 0 Å². The molecule has 0 bridgehead atoms. The van der Waals surface area contributed by atoms with Crippen LogP contribution in [0.3, 0.4) is 0 Å². The van der Waals surface area contributed by atoms with E-state index < -0.39 is 0 Å². The molecule has 0 radical (unpaired) electrons. The Labute approximate surface area is 78.5 Å². The van der Waals surface area contributed by atoms with E-state index in [-0.39, 0.29) is 0 Å². The monoisotopic (exact) mass is 216 g/mol. The molecule has 0 aromatic carbocycles. The van der Waals surface area contributed by atoms with Gasteiger partial charge >= 0.3 is 0 Å². The van der Waals surface area contributed by atoms with Crippen molar-refractivity contribution in [2.45, 2.75) is 40.0 Å². The van der Waals surface area contributed by atoms with Crippen molar-refractivity contribution in [1.82, 2.24) is 0 Å². The standard InChI is InChI=1S/C10H17Br/c1-4-6-9(3)7-8-10(11)5-2/h7-8H,4-6H2,1-3H3. The lowest BCUT2D eigenvalue weighted by atomic mass is 10.1. The highest BCUT2D eigenvalue weighted by Crippen LogP contribution is 2.11. The molecule has 0 amide bonds. The summed E-state index contributed by atoms with van der Waals surface area (Å²) in [5.41, 5.74) is 1.46. The van der Waals surface area contributed by atoms with Gasteiger partial charge in [0.25, 0.3) is 0 Å². The second kappa shape index (κ2) is 6.66. The molecule has 0 heterocycles. The fourth-order valence-corrected chi connectivity index (χ4v) is 0.960. The Kier molecular flexibility index (Phi) is 6.63. The van der Waals surface area contributed by atoms with Crippen LogP contribution in [0, 0.1) is 0 Å². The van der Waals surface area contributed by atoms with Gasteiger partial charge in [0.2, 0.25) is 0 Å². The van der Waals surface area contributed by atoms with E-state index in [0.717, 1.165) is 6.42 Å². The average Bonchev–Trinajstić information content (AvgIpc) is 2.01. The highest BCUT2D eigenvalue weighted by atomic mass is 79.9. The van der Waals surface area contributed by atoms with Crippen LogP contribution < -0.4 is 0 Å². The number of allylic oxidation sites excluding steroid dienone is 4. The van der Waals surface area contributed by atoms with Crippen LogP contribution in [0.2, 0.25) is 0 Å². The van der Waals surface area contributed by atoms with Crippen molar-refractivity contribution in [3.8, 4) is 0 Å². The van der Waals surface area contributed by atoms with Crippen LogP contribution in [0.15, 0.2) is 22.2 Å². The van der Waals surface area contributed by atoms with E-state index in [2.05, 4.69) is 48.9 Å². The zero-order valence-electron chi connectivity index (χ0n) is 7.65. The van der Waals surface area contributed by atoms with Gasteiger partial charge in [-0.25, -0.2) is 0 Å². The first-order valence-electron chi connectivity index (χ1n) is 4.22. The third kappa shape index (κ3) is 6.36. The number of hydrogen-bond acceptors (Lipinski definition) is 0. The summed E-state index contributed by atoms with van der Waals surface area (Å²) in [5.74, 6) is 0. The predicted molar refractivity (Wildman–Crippen MR) is 56.0 cm³/mol. The van der Waals surface area contributed by atoms with Gasteiger partial charge in [0.15, 0.2) is 0 Å². The smallest absolute Gasteiger partial charge is 0.00521 e. The summed E-state index contributed by atoms with van der Waals surface area (Å²) in [6.07, 6.45) is 7.86. The molecule has 0 aromatic heterocycles. The van der Waals surface area contributed by atoms with Gasteiger partial charge in [-0.3, -0.25) is 0 Å². The summed E-state index contributed by atoms with van der Waals surface area (Å²) >= 11 is 3.47. The van der Waals surface area contributed by atoms with E-state index in [0.29, 0.717) is 0 Å². The third-order valence-corrected chi connectivity index (χ3v) is 2.36. The lowest BCUT2D eigenvalue weighted by molar-refractivity contribution is 0.905. The molecule has 11 heavy (non-hydrogen) atoms. The first-order valence-corrected chi connectivity index (χ1v) is 5.01. The molecule has 0 fully saturated rings. The molecule has 0 aromatic rings. The summed E-state index contributed by atoms with van der Waals surface area (Å²) in [4.78, 5) is 0. The fourth-order valence-electron chi connectivity index (χ4n) is 0.828. The lowest BCUT2D eigenvalue weighted by Gasteiger charge is -1.94. The Morgan fingerprint density at radius 2 is 1.91 bits per heavy atom. The van der Waals surface area contributed by atoms with Gasteiger partial charge in [-0.05, 0) is 24.2 Å². The van der Waals surface area contributed by atoms with Crippen molar-refractivity contribution in [2.75, 3.05) is 0 Å². The van der Waals surface area contributed by atoms with Gasteiger partial charge in [-0.1, -0.05) is 53.9 Å². The lowest BCUT2D eigenvalue weighted by Crippen LogP contribution is -1.73. The van der Waals surface area contributed by atoms with Crippen LogP contribution in [0.5, 0.6) is 0 Å². The van der Waals surface area contributed by atoms with Crippen LogP contribution in [0.25, 0.3) is 0 Å². The highest BCUT2D eigenvalue weighted by Gasteiger charge is 1.85. The summed E-state index contributed by atoms with van der Waals surface area (Å²) in [6.45, 7) is 6.52. The minimum Gasteiger partial charge on any atom is -0.0733 e. The van der Waals surface area contributed by atoms with Crippen molar-refractivity contribution >= 4 is 15.9 Å². The van der Waals surface area contributed by atoms with E-state index in [4.69, 9.17) is 0 Å². The normalized spacial score (nSPS) is 13.8. The average molecular weight is 217 g/mol. The first-order chi connectivity index (χ1) is 5.20. The molecule has 64 valence electrons. The molecule has 0 unspecified atom stereocenters. The Hall–Kier alpha value is -0.0400. The maximum atomic E-state index is 3.47. The second-order valence-electron chi connectivity index (χ2n) is 2.73. The predicted octanol–water partition coefficient (Wildman–Crippen LogP) is 4.42. The maximum absolute atomic E-state index is 3.47. The van der Waals surface area contributed by atoms with E-state index in [1.807, 2.05) is 0 Å². The summed E-state index contributed by atoms with van der Waals surface area (Å²) in [6, 6.07) is 0. The van der Waals surface area contributed by atoms with Crippen LogP contribution in [-0.4, -0.2) is 0 Å². The van der Waals surface area contributed by atoms with Crippen molar-refractivity contribution in [3.63, 3.8) is 0 Å². The van der Waals surface area contributed by atoms with Gasteiger partial charge in [-0.15, -0.1) is 0 Å². The molecule has 0 saturated carbocycles. The Balaban J connectivity index is 3.89. The fraction of sp³-hybridized carbons (Fsp3) is 0.600. The second-order valence-corrected chi connectivity index (χ2v) is 3.75. The molecule has 0 aliphatic heterocycles. The largest absolute Gasteiger partial charge is 0.0733 e. The Morgan fingerprint density at radius 3 is 2.36 bits per heavy atom. The highest BCUT2D eigenvalue weighted by molar-refractivity contribution is 9.11. The SMILES string of the molecule is CCCC(C)=CC=C(Br)CC. The van der Waals surface area contributed by atoms with E-state index in [1.54, 1.807) is 0 Å². The van der Waals surface area contributed by atoms with E-state index in [1.165, 1.54) is 22.9 Å². The molecular formula is C10H17Br. The molecule has 0 aliphatic rings. The summed E-state index contributed by atoms with van der Waals surface area (Å²) in [7, 11) is 0. The zero-order valence-corrected chi connectivity index (χ0v) is 9.24. The minimum atomic E-state index is 1.08. The topological polar surface area (TPSA) is 0 Å². The van der Waals surface area contributed by atoms with Gasteiger partial charge in [0.1, 0.15) is 0 Å². The Bertz CT molecular complexity index is 154. The van der Waals surface area contributed by atoms with Crippen molar-refractivity contribution in [1.29, 1.82) is 0 Å². The molecular weight excluding hydrogens is 200 g/mol. The quantitative estimate of drug-likeness (QED) is 0.611. The number of rotatable bonds is 4. The molecule has 0 saturated heterocycles. The van der Waals surface area contributed by atoms with Gasteiger partial charge in [0, 0.05) is 0 Å². The number of hydrogen-bond donors (Lipinski definition) is 0. The number of halogens is 1. The molecule has 1 heteroatoms.